The monoisotopic (exact) mass is 222 g/mol. The first kappa shape index (κ1) is 13.0. The van der Waals surface area contributed by atoms with Crippen LogP contribution in [0.3, 0.4) is 0 Å². The molecular formula is C13H22N2O. The van der Waals surface area contributed by atoms with Crippen LogP contribution >= 0.6 is 0 Å². The third-order valence-corrected chi connectivity index (χ3v) is 3.00. The SMILES string of the molecule is CC(CO)N(C)CCN(C)c1ccccc1. The van der Waals surface area contributed by atoms with Crippen LogP contribution in [-0.2, 0) is 0 Å². The van der Waals surface area contributed by atoms with Crippen molar-refractivity contribution in [2.75, 3.05) is 38.7 Å². The zero-order valence-corrected chi connectivity index (χ0v) is 10.4. The maximum absolute atomic E-state index is 9.03. The highest BCUT2D eigenvalue weighted by atomic mass is 16.3. The Labute approximate surface area is 98.3 Å². The Morgan fingerprint density at radius 1 is 1.12 bits per heavy atom. The lowest BCUT2D eigenvalue weighted by Gasteiger charge is -2.26. The van der Waals surface area contributed by atoms with Crippen LogP contribution in [0.15, 0.2) is 30.3 Å². The smallest absolute Gasteiger partial charge is 0.0584 e. The molecule has 0 radical (unpaired) electrons. The Bertz CT molecular complexity index is 289. The number of hydrogen-bond acceptors (Lipinski definition) is 3. The summed E-state index contributed by atoms with van der Waals surface area (Å²) in [5.74, 6) is 0. The van der Waals surface area contributed by atoms with Crippen LogP contribution in [0.25, 0.3) is 0 Å². The summed E-state index contributed by atoms with van der Waals surface area (Å²) in [6.07, 6.45) is 0. The van der Waals surface area contributed by atoms with E-state index in [9.17, 15) is 0 Å². The van der Waals surface area contributed by atoms with E-state index in [1.165, 1.54) is 5.69 Å². The van der Waals surface area contributed by atoms with Gasteiger partial charge in [0.15, 0.2) is 0 Å². The second-order valence-corrected chi connectivity index (χ2v) is 4.27. The van der Waals surface area contributed by atoms with Gasteiger partial charge in [0, 0.05) is 31.9 Å². The maximum Gasteiger partial charge on any atom is 0.0584 e. The fourth-order valence-electron chi connectivity index (χ4n) is 1.48. The minimum absolute atomic E-state index is 0.214. The predicted molar refractivity (Wildman–Crippen MR) is 68.9 cm³/mol. The van der Waals surface area contributed by atoms with Gasteiger partial charge in [-0.15, -0.1) is 0 Å². The molecule has 3 heteroatoms. The summed E-state index contributed by atoms with van der Waals surface area (Å²) in [5, 5.41) is 9.03. The van der Waals surface area contributed by atoms with Crippen molar-refractivity contribution in [3.05, 3.63) is 30.3 Å². The highest BCUT2D eigenvalue weighted by Gasteiger charge is 2.08. The number of nitrogens with zero attached hydrogens (tertiary/aromatic N) is 2. The number of likely N-dealkylation sites (N-methyl/N-ethyl adjacent to an activating group) is 2. The Balaban J connectivity index is 2.38. The summed E-state index contributed by atoms with van der Waals surface area (Å²) in [6.45, 7) is 4.16. The summed E-state index contributed by atoms with van der Waals surface area (Å²) in [7, 11) is 4.13. The molecule has 0 heterocycles. The number of anilines is 1. The van der Waals surface area contributed by atoms with Crippen molar-refractivity contribution in [2.45, 2.75) is 13.0 Å². The summed E-state index contributed by atoms with van der Waals surface area (Å²) < 4.78 is 0. The fourth-order valence-corrected chi connectivity index (χ4v) is 1.48. The first-order valence-electron chi connectivity index (χ1n) is 5.72. The molecule has 16 heavy (non-hydrogen) atoms. The quantitative estimate of drug-likeness (QED) is 0.789. The van der Waals surface area contributed by atoms with Crippen LogP contribution in [-0.4, -0.2) is 49.8 Å². The van der Waals surface area contributed by atoms with Crippen molar-refractivity contribution in [2.24, 2.45) is 0 Å². The molecule has 1 N–H and O–H groups in total. The zero-order valence-electron chi connectivity index (χ0n) is 10.4. The molecule has 3 nitrogen and oxygen atoms in total. The molecule has 1 atom stereocenters. The summed E-state index contributed by atoms with van der Waals surface area (Å²) in [5.41, 5.74) is 1.23. The molecule has 0 aliphatic heterocycles. The number of para-hydroxylation sites is 1. The highest BCUT2D eigenvalue weighted by Crippen LogP contribution is 2.10. The Hall–Kier alpha value is -1.06. The Morgan fingerprint density at radius 3 is 2.31 bits per heavy atom. The molecule has 0 spiro atoms. The van der Waals surface area contributed by atoms with Crippen LogP contribution < -0.4 is 4.90 Å². The van der Waals surface area contributed by atoms with Crippen molar-refractivity contribution in [1.29, 1.82) is 0 Å². The van der Waals surface area contributed by atoms with Crippen LogP contribution in [0.2, 0.25) is 0 Å². The fraction of sp³-hybridized carbons (Fsp3) is 0.538. The van der Waals surface area contributed by atoms with E-state index in [0.717, 1.165) is 13.1 Å². The van der Waals surface area contributed by atoms with Crippen molar-refractivity contribution >= 4 is 5.69 Å². The normalized spacial score (nSPS) is 12.8. The Kier molecular flexibility index (Phi) is 5.29. The molecule has 0 bridgehead atoms. The standard InChI is InChI=1S/C13H22N2O/c1-12(11-16)14(2)9-10-15(3)13-7-5-4-6-8-13/h4-8,12,16H,9-11H2,1-3H3. The summed E-state index contributed by atoms with van der Waals surface area (Å²) >= 11 is 0. The van der Waals surface area contributed by atoms with Gasteiger partial charge >= 0.3 is 0 Å². The summed E-state index contributed by atoms with van der Waals surface area (Å²) in [4.78, 5) is 4.39. The topological polar surface area (TPSA) is 26.7 Å². The second-order valence-electron chi connectivity index (χ2n) is 4.27. The van der Waals surface area contributed by atoms with Gasteiger partial charge in [-0.1, -0.05) is 18.2 Å². The van der Waals surface area contributed by atoms with Crippen molar-refractivity contribution in [3.63, 3.8) is 0 Å². The molecule has 1 aromatic rings. The van der Waals surface area contributed by atoms with Crippen LogP contribution in [0.4, 0.5) is 5.69 Å². The van der Waals surface area contributed by atoms with Gasteiger partial charge in [-0.3, -0.25) is 4.90 Å². The number of aliphatic hydroxyl groups excluding tert-OH is 1. The molecule has 0 aliphatic rings. The van der Waals surface area contributed by atoms with E-state index in [0.29, 0.717) is 0 Å². The van der Waals surface area contributed by atoms with Gasteiger partial charge in [0.05, 0.1) is 6.61 Å². The molecule has 90 valence electrons. The number of benzene rings is 1. The van der Waals surface area contributed by atoms with E-state index in [4.69, 9.17) is 5.11 Å². The van der Waals surface area contributed by atoms with Gasteiger partial charge in [0.1, 0.15) is 0 Å². The molecule has 0 aromatic heterocycles. The van der Waals surface area contributed by atoms with E-state index < -0.39 is 0 Å². The van der Waals surface area contributed by atoms with Crippen molar-refractivity contribution < 1.29 is 5.11 Å². The van der Waals surface area contributed by atoms with Gasteiger partial charge < -0.3 is 10.0 Å². The van der Waals surface area contributed by atoms with E-state index in [1.807, 2.05) is 32.2 Å². The van der Waals surface area contributed by atoms with Gasteiger partial charge in [-0.05, 0) is 26.1 Å². The van der Waals surface area contributed by atoms with E-state index in [-0.39, 0.29) is 12.6 Å². The minimum atomic E-state index is 0.214. The van der Waals surface area contributed by atoms with Crippen LogP contribution in [0.5, 0.6) is 0 Å². The average Bonchev–Trinajstić information content (AvgIpc) is 2.35. The van der Waals surface area contributed by atoms with Crippen LogP contribution in [0, 0.1) is 0 Å². The highest BCUT2D eigenvalue weighted by molar-refractivity contribution is 5.44. The first-order valence-corrected chi connectivity index (χ1v) is 5.72. The number of rotatable bonds is 6. The largest absolute Gasteiger partial charge is 0.395 e. The third kappa shape index (κ3) is 3.83. The lowest BCUT2D eigenvalue weighted by atomic mass is 10.3. The molecule has 0 saturated heterocycles. The average molecular weight is 222 g/mol. The van der Waals surface area contributed by atoms with Crippen molar-refractivity contribution in [3.8, 4) is 0 Å². The molecule has 0 fully saturated rings. The third-order valence-electron chi connectivity index (χ3n) is 3.00. The molecule has 0 amide bonds. The van der Waals surface area contributed by atoms with E-state index in [2.05, 4.69) is 29.0 Å². The molecular weight excluding hydrogens is 200 g/mol. The van der Waals surface area contributed by atoms with Gasteiger partial charge in [-0.25, -0.2) is 0 Å². The lowest BCUT2D eigenvalue weighted by Crippen LogP contribution is -2.37. The van der Waals surface area contributed by atoms with Crippen molar-refractivity contribution in [1.82, 2.24) is 4.90 Å². The molecule has 1 rings (SSSR count). The van der Waals surface area contributed by atoms with Gasteiger partial charge in [-0.2, -0.15) is 0 Å². The molecule has 1 aromatic carbocycles. The van der Waals surface area contributed by atoms with E-state index >= 15 is 0 Å². The molecule has 1 unspecified atom stereocenters. The molecule has 0 aliphatic carbocycles. The molecule has 0 saturated carbocycles. The lowest BCUT2D eigenvalue weighted by molar-refractivity contribution is 0.162. The maximum atomic E-state index is 9.03. The first-order chi connectivity index (χ1) is 7.65. The Morgan fingerprint density at radius 2 is 1.75 bits per heavy atom. The zero-order chi connectivity index (χ0) is 12.0. The minimum Gasteiger partial charge on any atom is -0.395 e. The number of aliphatic hydroxyl groups is 1. The summed E-state index contributed by atoms with van der Waals surface area (Å²) in [6, 6.07) is 10.6. The predicted octanol–water partition coefficient (Wildman–Crippen LogP) is 1.44. The van der Waals surface area contributed by atoms with Crippen LogP contribution in [0.1, 0.15) is 6.92 Å². The van der Waals surface area contributed by atoms with Gasteiger partial charge in [0.2, 0.25) is 0 Å². The second kappa shape index (κ2) is 6.51. The number of hydrogen-bond donors (Lipinski definition) is 1. The van der Waals surface area contributed by atoms with Gasteiger partial charge in [0.25, 0.3) is 0 Å². The van der Waals surface area contributed by atoms with E-state index in [1.54, 1.807) is 0 Å².